The number of carbonyl (C=O) groups excluding carboxylic acids is 2. The minimum Gasteiger partial charge on any atom is -0.484 e. The number of carbonyl (C=O) groups is 2. The van der Waals surface area contributed by atoms with E-state index < -0.39 is 6.10 Å². The SMILES string of the molecule is Cc1ccccc1OC(C)C(=O)Nc1cccc(NC(=O)COc2ccccc2)c1. The van der Waals surface area contributed by atoms with Crippen molar-refractivity contribution >= 4 is 23.2 Å². The van der Waals surface area contributed by atoms with Crippen LogP contribution in [-0.2, 0) is 9.59 Å². The summed E-state index contributed by atoms with van der Waals surface area (Å²) < 4.78 is 11.2. The van der Waals surface area contributed by atoms with E-state index in [9.17, 15) is 9.59 Å². The molecule has 0 heterocycles. The molecule has 0 bridgehead atoms. The van der Waals surface area contributed by atoms with E-state index in [1.807, 2.05) is 49.4 Å². The van der Waals surface area contributed by atoms with Crippen molar-refractivity contribution in [3.05, 3.63) is 84.4 Å². The topological polar surface area (TPSA) is 76.7 Å². The molecule has 3 rings (SSSR count). The molecule has 0 saturated carbocycles. The highest BCUT2D eigenvalue weighted by atomic mass is 16.5. The largest absolute Gasteiger partial charge is 0.484 e. The van der Waals surface area contributed by atoms with E-state index in [1.54, 1.807) is 43.3 Å². The number of hydrogen-bond acceptors (Lipinski definition) is 4. The molecule has 0 aliphatic rings. The molecule has 0 radical (unpaired) electrons. The fourth-order valence-corrected chi connectivity index (χ4v) is 2.71. The molecule has 2 amide bonds. The molecule has 1 unspecified atom stereocenters. The summed E-state index contributed by atoms with van der Waals surface area (Å²) >= 11 is 0. The van der Waals surface area contributed by atoms with Crippen molar-refractivity contribution < 1.29 is 19.1 Å². The van der Waals surface area contributed by atoms with Gasteiger partial charge in [0.05, 0.1) is 0 Å². The number of rotatable bonds is 8. The molecule has 0 spiro atoms. The molecule has 2 N–H and O–H groups in total. The van der Waals surface area contributed by atoms with Gasteiger partial charge in [-0.05, 0) is 55.8 Å². The van der Waals surface area contributed by atoms with E-state index in [1.165, 1.54) is 0 Å². The van der Waals surface area contributed by atoms with Crippen LogP contribution in [0.15, 0.2) is 78.9 Å². The molecular formula is C24H24N2O4. The monoisotopic (exact) mass is 404 g/mol. The summed E-state index contributed by atoms with van der Waals surface area (Å²) in [4.78, 5) is 24.6. The first kappa shape index (κ1) is 20.9. The predicted molar refractivity (Wildman–Crippen MR) is 117 cm³/mol. The third kappa shape index (κ3) is 6.10. The molecule has 1 atom stereocenters. The summed E-state index contributed by atoms with van der Waals surface area (Å²) in [5, 5.41) is 5.56. The van der Waals surface area contributed by atoms with E-state index >= 15 is 0 Å². The van der Waals surface area contributed by atoms with Crippen molar-refractivity contribution in [2.24, 2.45) is 0 Å². The molecule has 6 heteroatoms. The second-order valence-electron chi connectivity index (χ2n) is 6.75. The van der Waals surface area contributed by atoms with Crippen LogP contribution in [0.2, 0.25) is 0 Å². The summed E-state index contributed by atoms with van der Waals surface area (Å²) in [5.74, 6) is 0.712. The van der Waals surface area contributed by atoms with Crippen LogP contribution in [0.5, 0.6) is 11.5 Å². The number of anilines is 2. The maximum Gasteiger partial charge on any atom is 0.265 e. The Morgan fingerprint density at radius 1 is 0.867 bits per heavy atom. The summed E-state index contributed by atoms with van der Waals surface area (Å²) in [6.07, 6.45) is -0.677. The molecule has 6 nitrogen and oxygen atoms in total. The van der Waals surface area contributed by atoms with Gasteiger partial charge in [0.25, 0.3) is 11.8 Å². The van der Waals surface area contributed by atoms with Crippen LogP contribution in [0, 0.1) is 6.92 Å². The highest BCUT2D eigenvalue weighted by molar-refractivity contribution is 5.96. The number of nitrogens with one attached hydrogen (secondary N) is 2. The van der Waals surface area contributed by atoms with Crippen molar-refractivity contribution in [3.63, 3.8) is 0 Å². The zero-order valence-electron chi connectivity index (χ0n) is 16.9. The van der Waals surface area contributed by atoms with Crippen LogP contribution >= 0.6 is 0 Å². The number of hydrogen-bond donors (Lipinski definition) is 2. The van der Waals surface area contributed by atoms with Gasteiger partial charge in [0.2, 0.25) is 0 Å². The van der Waals surface area contributed by atoms with Gasteiger partial charge < -0.3 is 20.1 Å². The van der Waals surface area contributed by atoms with Crippen LogP contribution in [0.4, 0.5) is 11.4 Å². The lowest BCUT2D eigenvalue weighted by Crippen LogP contribution is -2.30. The van der Waals surface area contributed by atoms with Gasteiger partial charge in [-0.25, -0.2) is 0 Å². The Morgan fingerprint density at radius 2 is 1.53 bits per heavy atom. The third-order valence-electron chi connectivity index (χ3n) is 4.29. The molecule has 0 aliphatic carbocycles. The van der Waals surface area contributed by atoms with Gasteiger partial charge in [-0.15, -0.1) is 0 Å². The van der Waals surface area contributed by atoms with Crippen LogP contribution < -0.4 is 20.1 Å². The van der Waals surface area contributed by atoms with Gasteiger partial charge in [-0.3, -0.25) is 9.59 Å². The van der Waals surface area contributed by atoms with Crippen molar-refractivity contribution in [2.75, 3.05) is 17.2 Å². The Balaban J connectivity index is 1.53. The van der Waals surface area contributed by atoms with Crippen LogP contribution in [-0.4, -0.2) is 24.5 Å². The summed E-state index contributed by atoms with van der Waals surface area (Å²) in [5.41, 5.74) is 2.07. The second kappa shape index (κ2) is 10.1. The number of ether oxygens (including phenoxy) is 2. The first-order chi connectivity index (χ1) is 14.5. The molecule has 3 aromatic carbocycles. The molecule has 154 valence electrons. The maximum atomic E-state index is 12.5. The lowest BCUT2D eigenvalue weighted by atomic mass is 10.2. The van der Waals surface area contributed by atoms with E-state index in [4.69, 9.17) is 9.47 Å². The minimum atomic E-state index is -0.677. The van der Waals surface area contributed by atoms with Gasteiger partial charge in [0.15, 0.2) is 12.7 Å². The minimum absolute atomic E-state index is 0.109. The van der Waals surface area contributed by atoms with E-state index in [0.29, 0.717) is 22.9 Å². The first-order valence-corrected chi connectivity index (χ1v) is 9.62. The Bertz CT molecular complexity index is 1000. The fraction of sp³-hybridized carbons (Fsp3) is 0.167. The van der Waals surface area contributed by atoms with Crippen LogP contribution in [0.25, 0.3) is 0 Å². The van der Waals surface area contributed by atoms with Crippen molar-refractivity contribution in [1.82, 2.24) is 0 Å². The van der Waals surface area contributed by atoms with E-state index in [-0.39, 0.29) is 18.4 Å². The van der Waals surface area contributed by atoms with E-state index in [2.05, 4.69) is 10.6 Å². The molecule has 3 aromatic rings. The average Bonchev–Trinajstić information content (AvgIpc) is 2.75. The highest BCUT2D eigenvalue weighted by Gasteiger charge is 2.16. The molecule has 30 heavy (non-hydrogen) atoms. The number of amides is 2. The smallest absolute Gasteiger partial charge is 0.265 e. The average molecular weight is 404 g/mol. The Kier molecular flexibility index (Phi) is 7.05. The molecule has 0 aliphatic heterocycles. The molecule has 0 saturated heterocycles. The van der Waals surface area contributed by atoms with Gasteiger partial charge in [0.1, 0.15) is 11.5 Å². The summed E-state index contributed by atoms with van der Waals surface area (Å²) in [7, 11) is 0. The zero-order valence-corrected chi connectivity index (χ0v) is 16.9. The molecular weight excluding hydrogens is 380 g/mol. The second-order valence-corrected chi connectivity index (χ2v) is 6.75. The van der Waals surface area contributed by atoms with Crippen molar-refractivity contribution in [3.8, 4) is 11.5 Å². The van der Waals surface area contributed by atoms with Gasteiger partial charge in [-0.1, -0.05) is 42.5 Å². The lowest BCUT2D eigenvalue weighted by Gasteiger charge is -2.16. The quantitative estimate of drug-likeness (QED) is 0.583. The van der Waals surface area contributed by atoms with Crippen LogP contribution in [0.1, 0.15) is 12.5 Å². The van der Waals surface area contributed by atoms with E-state index in [0.717, 1.165) is 5.56 Å². The standard InChI is InChI=1S/C24H24N2O4/c1-17-9-6-7-14-22(17)30-18(2)24(28)26-20-11-8-10-19(15-20)25-23(27)16-29-21-12-4-3-5-13-21/h3-15,18H,16H2,1-2H3,(H,25,27)(H,26,28). The number of para-hydroxylation sites is 2. The maximum absolute atomic E-state index is 12.5. The Labute approximate surface area is 175 Å². The Morgan fingerprint density at radius 3 is 2.27 bits per heavy atom. The van der Waals surface area contributed by atoms with Gasteiger partial charge in [-0.2, -0.15) is 0 Å². The fourth-order valence-electron chi connectivity index (χ4n) is 2.71. The normalized spacial score (nSPS) is 11.3. The van der Waals surface area contributed by atoms with Gasteiger partial charge in [0, 0.05) is 11.4 Å². The Hall–Kier alpha value is -3.80. The summed E-state index contributed by atoms with van der Waals surface area (Å²) in [6.45, 7) is 3.50. The van der Waals surface area contributed by atoms with Crippen LogP contribution in [0.3, 0.4) is 0 Å². The number of aryl methyl sites for hydroxylation is 1. The van der Waals surface area contributed by atoms with Crippen molar-refractivity contribution in [2.45, 2.75) is 20.0 Å². The lowest BCUT2D eigenvalue weighted by molar-refractivity contribution is -0.122. The first-order valence-electron chi connectivity index (χ1n) is 9.62. The predicted octanol–water partition coefficient (Wildman–Crippen LogP) is 4.42. The third-order valence-corrected chi connectivity index (χ3v) is 4.29. The van der Waals surface area contributed by atoms with Gasteiger partial charge >= 0.3 is 0 Å². The number of benzene rings is 3. The zero-order chi connectivity index (χ0) is 21.3. The highest BCUT2D eigenvalue weighted by Crippen LogP contribution is 2.19. The molecule has 0 fully saturated rings. The van der Waals surface area contributed by atoms with Crippen molar-refractivity contribution in [1.29, 1.82) is 0 Å². The summed E-state index contributed by atoms with van der Waals surface area (Å²) in [6, 6.07) is 23.5. The molecule has 0 aromatic heterocycles.